The minimum absolute atomic E-state index is 0.0146. The minimum Gasteiger partial charge on any atom is -0.294 e. The van der Waals surface area contributed by atoms with E-state index in [1.54, 1.807) is 18.2 Å². The van der Waals surface area contributed by atoms with Gasteiger partial charge in [0.1, 0.15) is 0 Å². The van der Waals surface area contributed by atoms with E-state index in [1.807, 2.05) is 6.07 Å². The number of carbonyl (C=O) groups is 1. The van der Waals surface area contributed by atoms with Crippen LogP contribution in [0.2, 0.25) is 23.7 Å². The van der Waals surface area contributed by atoms with E-state index in [1.165, 1.54) is 12.1 Å². The van der Waals surface area contributed by atoms with Crippen molar-refractivity contribution in [2.24, 2.45) is 0 Å². The lowest BCUT2D eigenvalue weighted by Crippen LogP contribution is -2.40. The molecule has 1 aliphatic carbocycles. The van der Waals surface area contributed by atoms with Crippen LogP contribution in [0, 0.1) is 23.0 Å². The molecule has 140 valence electrons. The Morgan fingerprint density at radius 1 is 1.11 bits per heavy atom. The van der Waals surface area contributed by atoms with Gasteiger partial charge in [-0.3, -0.25) is 4.79 Å². The molecule has 0 aliphatic heterocycles. The molecule has 2 aromatic rings. The first-order chi connectivity index (χ1) is 12.9. The molecule has 2 aromatic carbocycles. The minimum atomic E-state index is -1.87. The zero-order valence-electron chi connectivity index (χ0n) is 15.9. The Balaban J connectivity index is 2.22. The van der Waals surface area contributed by atoms with Crippen molar-refractivity contribution in [1.29, 1.82) is 5.26 Å². The highest BCUT2D eigenvalue weighted by Crippen LogP contribution is 2.47. The predicted molar refractivity (Wildman–Crippen MR) is 105 cm³/mol. The Labute approximate surface area is 159 Å². The van der Waals surface area contributed by atoms with E-state index in [0.717, 1.165) is 18.1 Å². The molecule has 0 saturated carbocycles. The molecule has 0 fully saturated rings. The Morgan fingerprint density at radius 3 is 2.37 bits per heavy atom. The van der Waals surface area contributed by atoms with Crippen LogP contribution in [0.25, 0.3) is 11.1 Å². The van der Waals surface area contributed by atoms with Gasteiger partial charge in [0.15, 0.2) is 17.4 Å². The van der Waals surface area contributed by atoms with Crippen molar-refractivity contribution >= 4 is 13.9 Å². The molecule has 0 bridgehead atoms. The summed E-state index contributed by atoms with van der Waals surface area (Å²) in [7, 11) is -1.87. The summed E-state index contributed by atoms with van der Waals surface area (Å²) in [6.45, 7) is 6.40. The van der Waals surface area contributed by atoms with Gasteiger partial charge in [0.2, 0.25) is 0 Å². The largest absolute Gasteiger partial charge is 0.294 e. The zero-order chi connectivity index (χ0) is 19.8. The van der Waals surface area contributed by atoms with E-state index < -0.39 is 19.7 Å². The molecule has 2 nitrogen and oxygen atoms in total. The molecule has 1 atom stereocenters. The fourth-order valence-corrected chi connectivity index (χ4v) is 8.94. The number of Topliss-reactive ketones (excluding diaryl/α,β-unsaturated/α-hetero) is 1. The fraction of sp³-hybridized carbons (Fsp3) is 0.364. The summed E-state index contributed by atoms with van der Waals surface area (Å²) >= 11 is 0. The van der Waals surface area contributed by atoms with Crippen LogP contribution in [0.4, 0.5) is 8.78 Å². The van der Waals surface area contributed by atoms with Crippen molar-refractivity contribution in [2.75, 3.05) is 0 Å². The van der Waals surface area contributed by atoms with Crippen LogP contribution >= 0.6 is 0 Å². The van der Waals surface area contributed by atoms with Crippen LogP contribution in [0.3, 0.4) is 0 Å². The highest BCUT2D eigenvalue weighted by Gasteiger charge is 2.46. The molecular formula is C22H23F2NOSi. The highest BCUT2D eigenvalue weighted by atomic mass is 28.3. The number of rotatable bonds is 5. The number of ketones is 1. The number of nitriles is 1. The molecule has 0 spiro atoms. The molecule has 0 amide bonds. The van der Waals surface area contributed by atoms with Crippen LogP contribution in [-0.4, -0.2) is 13.9 Å². The number of hydrogen-bond donors (Lipinski definition) is 0. The van der Waals surface area contributed by atoms with Gasteiger partial charge in [-0.2, -0.15) is 5.26 Å². The molecule has 0 saturated heterocycles. The Hall–Kier alpha value is -2.32. The molecule has 5 heteroatoms. The zero-order valence-corrected chi connectivity index (χ0v) is 16.9. The Bertz CT molecular complexity index is 936. The average molecular weight is 384 g/mol. The quantitative estimate of drug-likeness (QED) is 0.584. The topological polar surface area (TPSA) is 40.9 Å². The smallest absolute Gasteiger partial charge is 0.167 e. The Morgan fingerprint density at radius 2 is 1.78 bits per heavy atom. The molecule has 27 heavy (non-hydrogen) atoms. The van der Waals surface area contributed by atoms with Crippen LogP contribution in [0.5, 0.6) is 0 Å². The molecule has 0 N–H and O–H groups in total. The summed E-state index contributed by atoms with van der Waals surface area (Å²) in [6, 6.07) is 12.5. The second-order valence-electron chi connectivity index (χ2n) is 7.32. The normalized spacial score (nSPS) is 16.3. The fourth-order valence-electron chi connectivity index (χ4n) is 4.61. The SMILES string of the molecule is CC[Si](CC)(CC)C1Cc2cc(F)c(F)c(-c3cccc(C#N)c3)c2C1=O. The van der Waals surface area contributed by atoms with Crippen molar-refractivity contribution in [2.45, 2.75) is 50.9 Å². The summed E-state index contributed by atoms with van der Waals surface area (Å²) < 4.78 is 29.2. The summed E-state index contributed by atoms with van der Waals surface area (Å²) in [6.07, 6.45) is 0.498. The van der Waals surface area contributed by atoms with E-state index >= 15 is 0 Å². The van der Waals surface area contributed by atoms with Crippen molar-refractivity contribution in [1.82, 2.24) is 0 Å². The van der Waals surface area contributed by atoms with Gasteiger partial charge in [0, 0.05) is 16.7 Å². The van der Waals surface area contributed by atoms with Crippen molar-refractivity contribution in [3.63, 3.8) is 0 Å². The molecule has 0 heterocycles. The lowest BCUT2D eigenvalue weighted by Gasteiger charge is -2.33. The lowest BCUT2D eigenvalue weighted by atomic mass is 9.94. The van der Waals surface area contributed by atoms with Crippen LogP contribution in [0.1, 0.15) is 42.3 Å². The molecule has 0 radical (unpaired) electrons. The average Bonchev–Trinajstić information content (AvgIpc) is 3.01. The maximum Gasteiger partial charge on any atom is 0.167 e. The first-order valence-corrected chi connectivity index (χ1v) is 12.2. The second kappa shape index (κ2) is 7.36. The first-order valence-electron chi connectivity index (χ1n) is 9.48. The van der Waals surface area contributed by atoms with Gasteiger partial charge in [-0.1, -0.05) is 51.0 Å². The number of hydrogen-bond acceptors (Lipinski definition) is 2. The van der Waals surface area contributed by atoms with Gasteiger partial charge in [0.05, 0.1) is 19.7 Å². The monoisotopic (exact) mass is 383 g/mol. The van der Waals surface area contributed by atoms with Crippen molar-refractivity contribution in [3.05, 3.63) is 58.7 Å². The molecule has 1 unspecified atom stereocenters. The van der Waals surface area contributed by atoms with E-state index in [4.69, 9.17) is 5.26 Å². The van der Waals surface area contributed by atoms with Crippen molar-refractivity contribution in [3.8, 4) is 17.2 Å². The summed E-state index contributed by atoms with van der Waals surface area (Å²) in [4.78, 5) is 13.4. The third kappa shape index (κ3) is 3.02. The van der Waals surface area contributed by atoms with Gasteiger partial charge in [-0.15, -0.1) is 0 Å². The Kier molecular flexibility index (Phi) is 5.30. The maximum atomic E-state index is 14.8. The number of nitrogens with zero attached hydrogens (tertiary/aromatic N) is 1. The van der Waals surface area contributed by atoms with Gasteiger partial charge < -0.3 is 0 Å². The van der Waals surface area contributed by atoms with Crippen LogP contribution in [0.15, 0.2) is 30.3 Å². The lowest BCUT2D eigenvalue weighted by molar-refractivity contribution is 0.0991. The standard InChI is InChI=1S/C22H23F2NOSi/c1-4-27(5-2,6-3)18-12-16-11-17(23)21(24)19(20(16)22(18)26)15-9-7-8-14(10-15)13-25/h7-11,18H,4-6,12H2,1-3H3. The maximum absolute atomic E-state index is 14.8. The number of fused-ring (bicyclic) bond motifs is 1. The highest BCUT2D eigenvalue weighted by molar-refractivity contribution is 6.84. The van der Waals surface area contributed by atoms with Gasteiger partial charge in [-0.25, -0.2) is 8.78 Å². The third-order valence-electron chi connectivity index (χ3n) is 6.42. The van der Waals surface area contributed by atoms with Gasteiger partial charge in [-0.05, 0) is 35.7 Å². The first kappa shape index (κ1) is 19.4. The molecule has 0 aromatic heterocycles. The number of carbonyl (C=O) groups excluding carboxylic acids is 1. The van der Waals surface area contributed by atoms with Crippen LogP contribution < -0.4 is 0 Å². The van der Waals surface area contributed by atoms with E-state index in [2.05, 4.69) is 20.8 Å². The summed E-state index contributed by atoms with van der Waals surface area (Å²) in [5.74, 6) is -1.98. The van der Waals surface area contributed by atoms with Gasteiger partial charge in [0.25, 0.3) is 0 Å². The second-order valence-corrected chi connectivity index (χ2v) is 12.9. The van der Waals surface area contributed by atoms with E-state index in [-0.39, 0.29) is 16.9 Å². The predicted octanol–water partition coefficient (Wildman–Crippen LogP) is 6.12. The van der Waals surface area contributed by atoms with E-state index in [0.29, 0.717) is 28.7 Å². The summed E-state index contributed by atoms with van der Waals surface area (Å²) in [5.41, 5.74) is 1.54. The van der Waals surface area contributed by atoms with Crippen LogP contribution in [-0.2, 0) is 6.42 Å². The van der Waals surface area contributed by atoms with E-state index in [9.17, 15) is 13.6 Å². The number of halogens is 2. The summed E-state index contributed by atoms with van der Waals surface area (Å²) in [5, 5.41) is 9.14. The molecule has 3 rings (SSSR count). The molecule has 1 aliphatic rings. The number of benzene rings is 2. The van der Waals surface area contributed by atoms with Crippen molar-refractivity contribution < 1.29 is 13.6 Å². The molecular weight excluding hydrogens is 360 g/mol. The van der Waals surface area contributed by atoms with Gasteiger partial charge >= 0.3 is 0 Å². The third-order valence-corrected chi connectivity index (χ3v) is 12.6.